The van der Waals surface area contributed by atoms with E-state index in [4.69, 9.17) is 4.74 Å². The van der Waals surface area contributed by atoms with E-state index in [2.05, 4.69) is 5.32 Å². The highest BCUT2D eigenvalue weighted by molar-refractivity contribution is 6.00. The van der Waals surface area contributed by atoms with Gasteiger partial charge in [-0.3, -0.25) is 9.59 Å². The van der Waals surface area contributed by atoms with Crippen molar-refractivity contribution in [3.05, 3.63) is 54.1 Å². The second-order valence-electron chi connectivity index (χ2n) is 7.77. The van der Waals surface area contributed by atoms with Crippen LogP contribution < -0.4 is 15.0 Å². The van der Waals surface area contributed by atoms with Crippen LogP contribution in [0, 0.1) is 5.41 Å². The van der Waals surface area contributed by atoms with Crippen molar-refractivity contribution in [2.75, 3.05) is 23.4 Å². The Labute approximate surface area is 166 Å². The van der Waals surface area contributed by atoms with Crippen molar-refractivity contribution >= 4 is 23.2 Å². The van der Waals surface area contributed by atoms with Gasteiger partial charge in [0.15, 0.2) is 0 Å². The Kier molecular flexibility index (Phi) is 5.73. The molecule has 1 unspecified atom stereocenters. The molecule has 1 aliphatic heterocycles. The van der Waals surface area contributed by atoms with Gasteiger partial charge in [0.2, 0.25) is 11.8 Å². The van der Waals surface area contributed by atoms with Crippen molar-refractivity contribution in [2.24, 2.45) is 5.41 Å². The number of hydrogen-bond donors (Lipinski definition) is 1. The predicted octanol–water partition coefficient (Wildman–Crippen LogP) is 4.59. The molecule has 1 N–H and O–H groups in total. The first-order chi connectivity index (χ1) is 13.4. The topological polar surface area (TPSA) is 58.6 Å². The van der Waals surface area contributed by atoms with Gasteiger partial charge in [-0.2, -0.15) is 0 Å². The van der Waals surface area contributed by atoms with E-state index in [0.29, 0.717) is 31.0 Å². The lowest BCUT2D eigenvalue weighted by atomic mass is 9.93. The van der Waals surface area contributed by atoms with Crippen molar-refractivity contribution in [3.63, 3.8) is 0 Å². The first-order valence-electron chi connectivity index (χ1n) is 9.82. The molecule has 5 heteroatoms. The highest BCUT2D eigenvalue weighted by Gasteiger charge is 2.37. The first-order valence-corrected chi connectivity index (χ1v) is 9.82. The minimum Gasteiger partial charge on any atom is -0.490 e. The maximum absolute atomic E-state index is 12.8. The summed E-state index contributed by atoms with van der Waals surface area (Å²) in [6, 6.07) is 15.3. The molecule has 5 nitrogen and oxygen atoms in total. The predicted molar refractivity (Wildman–Crippen MR) is 112 cm³/mol. The molecule has 1 atom stereocenters. The monoisotopic (exact) mass is 380 g/mol. The molecule has 0 aromatic heterocycles. The highest BCUT2D eigenvalue weighted by Crippen LogP contribution is 2.38. The zero-order chi connectivity index (χ0) is 20.3. The minimum atomic E-state index is -0.598. The lowest BCUT2D eigenvalue weighted by Gasteiger charge is -2.26. The van der Waals surface area contributed by atoms with Crippen molar-refractivity contribution in [2.45, 2.75) is 40.0 Å². The lowest BCUT2D eigenvalue weighted by molar-refractivity contribution is -0.127. The minimum absolute atomic E-state index is 0.0423. The summed E-state index contributed by atoms with van der Waals surface area (Å²) in [5.41, 5.74) is 1.81. The summed E-state index contributed by atoms with van der Waals surface area (Å²) in [4.78, 5) is 27.4. The Morgan fingerprint density at radius 2 is 1.89 bits per heavy atom. The van der Waals surface area contributed by atoms with Gasteiger partial charge in [0.1, 0.15) is 12.4 Å². The summed E-state index contributed by atoms with van der Waals surface area (Å²) in [5, 5.41) is 3.00. The Bertz CT molecular complexity index is 861. The molecule has 0 radical (unpaired) electrons. The number of hydrogen-bond acceptors (Lipinski definition) is 3. The largest absolute Gasteiger partial charge is 0.490 e. The van der Waals surface area contributed by atoms with E-state index in [-0.39, 0.29) is 17.7 Å². The third-order valence-corrected chi connectivity index (χ3v) is 5.17. The summed E-state index contributed by atoms with van der Waals surface area (Å²) in [6.07, 6.45) is 0.712. The number of amides is 2. The number of benzene rings is 2. The van der Waals surface area contributed by atoms with Crippen LogP contribution in [0.1, 0.15) is 45.6 Å². The summed E-state index contributed by atoms with van der Waals surface area (Å²) >= 11 is 0. The van der Waals surface area contributed by atoms with Gasteiger partial charge < -0.3 is 15.0 Å². The van der Waals surface area contributed by atoms with Gasteiger partial charge >= 0.3 is 0 Å². The number of nitrogens with one attached hydrogen (secondary N) is 1. The molecule has 0 fully saturated rings. The van der Waals surface area contributed by atoms with Crippen LogP contribution in [-0.4, -0.2) is 25.0 Å². The molecule has 0 spiro atoms. The van der Waals surface area contributed by atoms with E-state index < -0.39 is 5.41 Å². The van der Waals surface area contributed by atoms with Crippen molar-refractivity contribution in [3.8, 4) is 5.75 Å². The second-order valence-corrected chi connectivity index (χ2v) is 7.77. The zero-order valence-corrected chi connectivity index (χ0v) is 17.0. The Morgan fingerprint density at radius 1 is 1.18 bits per heavy atom. The van der Waals surface area contributed by atoms with Crippen LogP contribution in [0.5, 0.6) is 5.75 Å². The van der Waals surface area contributed by atoms with Crippen LogP contribution in [0.15, 0.2) is 48.5 Å². The fraction of sp³-hybridized carbons (Fsp3) is 0.391. The quantitative estimate of drug-likeness (QED) is 0.825. The molecule has 2 aromatic rings. The van der Waals surface area contributed by atoms with Crippen LogP contribution in [0.25, 0.3) is 0 Å². The first kappa shape index (κ1) is 19.9. The van der Waals surface area contributed by atoms with Crippen LogP contribution >= 0.6 is 0 Å². The summed E-state index contributed by atoms with van der Waals surface area (Å²) in [6.45, 7) is 8.59. The zero-order valence-electron chi connectivity index (χ0n) is 17.0. The fourth-order valence-corrected chi connectivity index (χ4v) is 3.53. The standard InChI is InChI=1S/C23H28N2O3/c1-5-18(16-10-8-7-9-11-16)21(26)24-17-12-13-19-20(14-17)28-15-23(3,4)22(27)25(19)6-2/h7-14,18H,5-6,15H2,1-4H3,(H,24,26). The van der Waals surface area contributed by atoms with Crippen molar-refractivity contribution in [1.82, 2.24) is 0 Å². The van der Waals surface area contributed by atoms with E-state index in [1.165, 1.54) is 0 Å². The Morgan fingerprint density at radius 3 is 2.54 bits per heavy atom. The average molecular weight is 380 g/mol. The van der Waals surface area contributed by atoms with Crippen LogP contribution in [-0.2, 0) is 9.59 Å². The summed E-state index contributed by atoms with van der Waals surface area (Å²) < 4.78 is 5.95. The molecule has 28 heavy (non-hydrogen) atoms. The molecule has 0 bridgehead atoms. The third-order valence-electron chi connectivity index (χ3n) is 5.17. The van der Waals surface area contributed by atoms with Crippen LogP contribution in [0.3, 0.4) is 0 Å². The number of nitrogens with zero attached hydrogens (tertiary/aromatic N) is 1. The van der Waals surface area contributed by atoms with Crippen LogP contribution in [0.2, 0.25) is 0 Å². The second kappa shape index (κ2) is 8.05. The fourth-order valence-electron chi connectivity index (χ4n) is 3.53. The number of rotatable bonds is 5. The van der Waals surface area contributed by atoms with E-state index in [1.54, 1.807) is 4.90 Å². The molecule has 2 amide bonds. The van der Waals surface area contributed by atoms with E-state index in [9.17, 15) is 9.59 Å². The molecular formula is C23H28N2O3. The molecule has 1 aliphatic rings. The number of carbonyl (C=O) groups excluding carboxylic acids is 2. The number of fused-ring (bicyclic) bond motifs is 1. The van der Waals surface area contributed by atoms with Crippen molar-refractivity contribution < 1.29 is 14.3 Å². The SMILES string of the molecule is CCC(C(=O)Nc1ccc2c(c1)OCC(C)(C)C(=O)N2CC)c1ccccc1. The summed E-state index contributed by atoms with van der Waals surface area (Å²) in [7, 11) is 0. The van der Waals surface area contributed by atoms with E-state index >= 15 is 0 Å². The van der Waals surface area contributed by atoms with Crippen LogP contribution in [0.4, 0.5) is 11.4 Å². The smallest absolute Gasteiger partial charge is 0.236 e. The Balaban J connectivity index is 1.85. The molecule has 0 saturated carbocycles. The normalized spacial score (nSPS) is 16.6. The molecule has 0 aliphatic carbocycles. The van der Waals surface area contributed by atoms with Gasteiger partial charge in [-0.1, -0.05) is 37.3 Å². The molecular weight excluding hydrogens is 352 g/mol. The van der Waals surface area contributed by atoms with E-state index in [1.807, 2.05) is 76.2 Å². The van der Waals surface area contributed by atoms with Gasteiger partial charge in [0.05, 0.1) is 17.0 Å². The maximum Gasteiger partial charge on any atom is 0.236 e. The lowest BCUT2D eigenvalue weighted by Crippen LogP contribution is -2.42. The van der Waals surface area contributed by atoms with Gasteiger partial charge in [0, 0.05) is 18.3 Å². The van der Waals surface area contributed by atoms with Gasteiger partial charge in [-0.25, -0.2) is 0 Å². The number of ether oxygens (including phenoxy) is 1. The number of carbonyl (C=O) groups is 2. The van der Waals surface area contributed by atoms with Crippen molar-refractivity contribution in [1.29, 1.82) is 0 Å². The van der Waals surface area contributed by atoms with Gasteiger partial charge in [-0.05, 0) is 44.9 Å². The van der Waals surface area contributed by atoms with E-state index in [0.717, 1.165) is 11.3 Å². The van der Waals surface area contributed by atoms with Gasteiger partial charge in [-0.15, -0.1) is 0 Å². The highest BCUT2D eigenvalue weighted by atomic mass is 16.5. The molecule has 2 aromatic carbocycles. The van der Waals surface area contributed by atoms with Gasteiger partial charge in [0.25, 0.3) is 0 Å². The number of anilines is 2. The molecule has 148 valence electrons. The average Bonchev–Trinajstić information content (AvgIpc) is 2.78. The maximum atomic E-state index is 12.8. The molecule has 3 rings (SSSR count). The summed E-state index contributed by atoms with van der Waals surface area (Å²) in [5.74, 6) is 0.395. The Hall–Kier alpha value is -2.82. The molecule has 1 heterocycles. The third kappa shape index (κ3) is 3.88. The molecule has 0 saturated heterocycles.